The summed E-state index contributed by atoms with van der Waals surface area (Å²) in [6.45, 7) is 3.92. The standard InChI is InChI=1S/C24H27N3O4/c1-16-12-19(29-2)7-8-20(16)24(28)26-10-5-11-27-18(15-26)14-21(25-27)17-6-9-22(30-3)23(13-17)31-4/h6-9,12-14H,5,10-11,15H2,1-4H3. The van der Waals surface area contributed by atoms with Crippen molar-refractivity contribution in [2.75, 3.05) is 27.9 Å². The fraction of sp³-hybridized carbons (Fsp3) is 0.333. The van der Waals surface area contributed by atoms with Gasteiger partial charge in [-0.1, -0.05) is 0 Å². The van der Waals surface area contributed by atoms with E-state index in [-0.39, 0.29) is 5.91 Å². The molecule has 0 bridgehead atoms. The zero-order valence-corrected chi connectivity index (χ0v) is 18.3. The van der Waals surface area contributed by atoms with Crippen LogP contribution >= 0.6 is 0 Å². The van der Waals surface area contributed by atoms with Crippen molar-refractivity contribution in [2.24, 2.45) is 0 Å². The number of benzene rings is 2. The number of hydrogen-bond acceptors (Lipinski definition) is 5. The second-order valence-electron chi connectivity index (χ2n) is 7.57. The highest BCUT2D eigenvalue weighted by Crippen LogP contribution is 2.32. The summed E-state index contributed by atoms with van der Waals surface area (Å²) >= 11 is 0. The SMILES string of the molecule is COc1ccc(C(=O)N2CCCn3nc(-c4ccc(OC)c(OC)c4)cc3C2)c(C)c1. The molecule has 4 rings (SSSR count). The fourth-order valence-corrected chi connectivity index (χ4v) is 3.95. The molecule has 162 valence electrons. The van der Waals surface area contributed by atoms with E-state index in [9.17, 15) is 4.79 Å². The number of methoxy groups -OCH3 is 3. The van der Waals surface area contributed by atoms with Gasteiger partial charge in [-0.2, -0.15) is 5.10 Å². The molecule has 2 heterocycles. The van der Waals surface area contributed by atoms with Gasteiger partial charge in [-0.3, -0.25) is 9.48 Å². The molecule has 0 fully saturated rings. The third kappa shape index (κ3) is 4.08. The molecule has 0 unspecified atom stereocenters. The first-order chi connectivity index (χ1) is 15.0. The van der Waals surface area contributed by atoms with Crippen molar-refractivity contribution in [1.82, 2.24) is 14.7 Å². The van der Waals surface area contributed by atoms with Gasteiger partial charge in [0.25, 0.3) is 5.91 Å². The summed E-state index contributed by atoms with van der Waals surface area (Å²) in [4.78, 5) is 15.1. The van der Waals surface area contributed by atoms with E-state index in [1.54, 1.807) is 21.3 Å². The van der Waals surface area contributed by atoms with Gasteiger partial charge in [0.05, 0.1) is 39.3 Å². The van der Waals surface area contributed by atoms with E-state index in [0.29, 0.717) is 30.2 Å². The zero-order chi connectivity index (χ0) is 22.0. The molecule has 0 saturated heterocycles. The molecule has 0 N–H and O–H groups in total. The number of ether oxygens (including phenoxy) is 3. The van der Waals surface area contributed by atoms with Gasteiger partial charge in [-0.15, -0.1) is 0 Å². The predicted molar refractivity (Wildman–Crippen MR) is 118 cm³/mol. The molecule has 31 heavy (non-hydrogen) atoms. The Morgan fingerprint density at radius 3 is 2.45 bits per heavy atom. The van der Waals surface area contributed by atoms with Crippen molar-refractivity contribution in [3.63, 3.8) is 0 Å². The maximum Gasteiger partial charge on any atom is 0.254 e. The minimum absolute atomic E-state index is 0.0301. The van der Waals surface area contributed by atoms with Crippen molar-refractivity contribution < 1.29 is 19.0 Å². The number of amides is 1. The van der Waals surface area contributed by atoms with Gasteiger partial charge in [-0.05, 0) is 61.4 Å². The van der Waals surface area contributed by atoms with Crippen molar-refractivity contribution in [3.05, 3.63) is 59.3 Å². The summed E-state index contributed by atoms with van der Waals surface area (Å²) in [6, 6.07) is 13.4. The van der Waals surface area contributed by atoms with Gasteiger partial charge >= 0.3 is 0 Å². The molecule has 0 radical (unpaired) electrons. The Bertz CT molecular complexity index is 1110. The fourth-order valence-electron chi connectivity index (χ4n) is 3.95. The van der Waals surface area contributed by atoms with Crippen LogP contribution in [-0.2, 0) is 13.1 Å². The number of fused-ring (bicyclic) bond motifs is 1. The first-order valence-corrected chi connectivity index (χ1v) is 10.3. The van der Waals surface area contributed by atoms with Crippen LogP contribution in [0.25, 0.3) is 11.3 Å². The molecule has 1 aromatic heterocycles. The summed E-state index contributed by atoms with van der Waals surface area (Å²) in [5, 5.41) is 4.78. The van der Waals surface area contributed by atoms with E-state index in [1.165, 1.54) is 0 Å². The van der Waals surface area contributed by atoms with Crippen LogP contribution < -0.4 is 14.2 Å². The maximum atomic E-state index is 13.2. The molecule has 1 aliphatic heterocycles. The molecule has 0 atom stereocenters. The van der Waals surface area contributed by atoms with Crippen LogP contribution in [0.5, 0.6) is 17.2 Å². The molecule has 1 aliphatic rings. The largest absolute Gasteiger partial charge is 0.497 e. The lowest BCUT2D eigenvalue weighted by Gasteiger charge is -2.21. The summed E-state index contributed by atoms with van der Waals surface area (Å²) in [5.41, 5.74) is 4.43. The predicted octanol–water partition coefficient (Wildman–Crippen LogP) is 3.93. The summed E-state index contributed by atoms with van der Waals surface area (Å²) in [5.74, 6) is 2.12. The second kappa shape index (κ2) is 8.71. The van der Waals surface area contributed by atoms with Gasteiger partial charge in [0, 0.05) is 24.2 Å². The van der Waals surface area contributed by atoms with E-state index in [1.807, 2.05) is 59.0 Å². The number of aromatic nitrogens is 2. The minimum atomic E-state index is 0.0301. The zero-order valence-electron chi connectivity index (χ0n) is 18.3. The third-order valence-electron chi connectivity index (χ3n) is 5.64. The highest BCUT2D eigenvalue weighted by Gasteiger charge is 2.23. The molecule has 1 amide bonds. The van der Waals surface area contributed by atoms with E-state index in [0.717, 1.165) is 41.2 Å². The number of hydrogen-bond donors (Lipinski definition) is 0. The first kappa shape index (κ1) is 20.8. The van der Waals surface area contributed by atoms with Crippen molar-refractivity contribution in [2.45, 2.75) is 26.4 Å². The Morgan fingerprint density at radius 1 is 0.935 bits per heavy atom. The lowest BCUT2D eigenvalue weighted by atomic mass is 10.1. The lowest BCUT2D eigenvalue weighted by molar-refractivity contribution is 0.0745. The van der Waals surface area contributed by atoms with Gasteiger partial charge in [-0.25, -0.2) is 0 Å². The average molecular weight is 421 g/mol. The summed E-state index contributed by atoms with van der Waals surface area (Å²) in [6.07, 6.45) is 0.848. The topological polar surface area (TPSA) is 65.8 Å². The lowest BCUT2D eigenvalue weighted by Crippen LogP contribution is -2.31. The molecule has 2 aromatic carbocycles. The van der Waals surface area contributed by atoms with E-state index >= 15 is 0 Å². The maximum absolute atomic E-state index is 13.2. The van der Waals surface area contributed by atoms with E-state index < -0.39 is 0 Å². The van der Waals surface area contributed by atoms with Crippen LogP contribution in [0.1, 0.15) is 28.0 Å². The second-order valence-corrected chi connectivity index (χ2v) is 7.57. The van der Waals surface area contributed by atoms with Crippen molar-refractivity contribution in [1.29, 1.82) is 0 Å². The molecular formula is C24H27N3O4. The number of carbonyl (C=O) groups excluding carboxylic acids is 1. The summed E-state index contributed by atoms with van der Waals surface area (Å²) < 4.78 is 18.0. The minimum Gasteiger partial charge on any atom is -0.497 e. The third-order valence-corrected chi connectivity index (χ3v) is 5.64. The Kier molecular flexibility index (Phi) is 5.84. The highest BCUT2D eigenvalue weighted by molar-refractivity contribution is 5.95. The number of nitrogens with zero attached hydrogens (tertiary/aromatic N) is 3. The van der Waals surface area contributed by atoms with E-state index in [4.69, 9.17) is 19.3 Å². The average Bonchev–Trinajstić information content (AvgIpc) is 3.09. The molecular weight excluding hydrogens is 394 g/mol. The van der Waals surface area contributed by atoms with Crippen molar-refractivity contribution in [3.8, 4) is 28.5 Å². The normalized spacial score (nSPS) is 13.4. The number of aryl methyl sites for hydroxylation is 2. The van der Waals surface area contributed by atoms with Crippen LogP contribution in [0.3, 0.4) is 0 Å². The number of carbonyl (C=O) groups is 1. The van der Waals surface area contributed by atoms with E-state index in [2.05, 4.69) is 0 Å². The van der Waals surface area contributed by atoms with Crippen LogP contribution in [0.4, 0.5) is 0 Å². The van der Waals surface area contributed by atoms with Gasteiger partial charge < -0.3 is 19.1 Å². The summed E-state index contributed by atoms with van der Waals surface area (Å²) in [7, 11) is 4.86. The van der Waals surface area contributed by atoms with Crippen LogP contribution in [0, 0.1) is 6.92 Å². The highest BCUT2D eigenvalue weighted by atomic mass is 16.5. The van der Waals surface area contributed by atoms with Crippen LogP contribution in [0.2, 0.25) is 0 Å². The quantitative estimate of drug-likeness (QED) is 0.625. The smallest absolute Gasteiger partial charge is 0.254 e. The van der Waals surface area contributed by atoms with Crippen molar-refractivity contribution >= 4 is 5.91 Å². The number of rotatable bonds is 5. The Labute approximate surface area is 182 Å². The van der Waals surface area contributed by atoms with Gasteiger partial charge in [0.2, 0.25) is 0 Å². The molecule has 0 saturated carbocycles. The van der Waals surface area contributed by atoms with Crippen LogP contribution in [0.15, 0.2) is 42.5 Å². The molecule has 0 aliphatic carbocycles. The molecule has 3 aromatic rings. The van der Waals surface area contributed by atoms with Gasteiger partial charge in [0.1, 0.15) is 5.75 Å². The Balaban J connectivity index is 1.60. The monoisotopic (exact) mass is 421 g/mol. The Morgan fingerprint density at radius 2 is 1.74 bits per heavy atom. The van der Waals surface area contributed by atoms with Crippen LogP contribution in [-0.4, -0.2) is 48.5 Å². The first-order valence-electron chi connectivity index (χ1n) is 10.3. The molecule has 7 nitrogen and oxygen atoms in total. The Hall–Kier alpha value is -3.48. The van der Waals surface area contributed by atoms with Gasteiger partial charge in [0.15, 0.2) is 11.5 Å². The molecule has 7 heteroatoms. The molecule has 0 spiro atoms.